The maximum Gasteiger partial charge on any atom is 0.0863 e. The summed E-state index contributed by atoms with van der Waals surface area (Å²) in [6.45, 7) is 6.11. The van der Waals surface area contributed by atoms with Crippen molar-refractivity contribution in [2.24, 2.45) is 11.3 Å². The van der Waals surface area contributed by atoms with Crippen LogP contribution in [0.4, 0.5) is 0 Å². The molecule has 2 heteroatoms. The zero-order valence-corrected chi connectivity index (χ0v) is 9.03. The summed E-state index contributed by atoms with van der Waals surface area (Å²) in [5.41, 5.74) is -0.122. The molecule has 1 nitrogen and oxygen atoms in total. The molecular weight excluding hydrogens is 167 g/mol. The fourth-order valence-corrected chi connectivity index (χ4v) is 4.79. The fourth-order valence-electron chi connectivity index (χ4n) is 1.90. The average molecular weight is 184 g/mol. The van der Waals surface area contributed by atoms with Crippen LogP contribution in [-0.4, -0.2) is 19.0 Å². The molecule has 12 heavy (non-hydrogen) atoms. The lowest BCUT2D eigenvalue weighted by Gasteiger charge is -2.38. The monoisotopic (exact) mass is 184 g/mol. The van der Waals surface area contributed by atoms with Crippen LogP contribution in [0.25, 0.3) is 0 Å². The van der Waals surface area contributed by atoms with Crippen molar-refractivity contribution in [2.45, 2.75) is 20.3 Å². The SMILES string of the molecule is C#CC1(C)CP(C)(=O)CCC1C. The third kappa shape index (κ3) is 1.75. The number of rotatable bonds is 0. The quantitative estimate of drug-likeness (QED) is 0.418. The molecular formula is C10H17OP. The van der Waals surface area contributed by atoms with Crippen LogP contribution < -0.4 is 0 Å². The Morgan fingerprint density at radius 3 is 2.67 bits per heavy atom. The predicted octanol–water partition coefficient (Wildman–Crippen LogP) is 2.66. The molecule has 1 saturated heterocycles. The van der Waals surface area contributed by atoms with E-state index in [9.17, 15) is 4.57 Å². The summed E-state index contributed by atoms with van der Waals surface area (Å²) >= 11 is 0. The average Bonchev–Trinajstić information content (AvgIpc) is 1.97. The lowest BCUT2D eigenvalue weighted by atomic mass is 9.79. The number of hydrogen-bond acceptors (Lipinski definition) is 1. The van der Waals surface area contributed by atoms with Gasteiger partial charge in [-0.15, -0.1) is 6.42 Å². The maximum absolute atomic E-state index is 11.9. The van der Waals surface area contributed by atoms with Crippen LogP contribution >= 0.6 is 7.14 Å². The van der Waals surface area contributed by atoms with Crippen molar-refractivity contribution < 1.29 is 4.57 Å². The molecule has 0 aromatic heterocycles. The Morgan fingerprint density at radius 2 is 2.25 bits per heavy atom. The Bertz CT molecular complexity index is 264. The Labute approximate surface area is 75.3 Å². The van der Waals surface area contributed by atoms with E-state index in [1.807, 2.05) is 6.66 Å². The van der Waals surface area contributed by atoms with E-state index in [0.29, 0.717) is 5.92 Å². The summed E-state index contributed by atoms with van der Waals surface area (Å²) in [7, 11) is -1.90. The third-order valence-corrected chi connectivity index (χ3v) is 5.65. The van der Waals surface area contributed by atoms with Crippen molar-refractivity contribution in [3.05, 3.63) is 0 Å². The molecule has 1 heterocycles. The molecule has 3 atom stereocenters. The lowest BCUT2D eigenvalue weighted by molar-refractivity contribution is 0.301. The zero-order valence-electron chi connectivity index (χ0n) is 8.13. The highest BCUT2D eigenvalue weighted by Gasteiger charge is 2.39. The molecule has 1 aliphatic heterocycles. The van der Waals surface area contributed by atoms with Crippen LogP contribution in [0.1, 0.15) is 20.3 Å². The molecule has 0 aromatic carbocycles. The largest absolute Gasteiger partial charge is 0.324 e. The first-order valence-electron chi connectivity index (χ1n) is 4.43. The van der Waals surface area contributed by atoms with Gasteiger partial charge in [-0.2, -0.15) is 0 Å². The molecule has 68 valence electrons. The van der Waals surface area contributed by atoms with E-state index >= 15 is 0 Å². The summed E-state index contributed by atoms with van der Waals surface area (Å²) in [6.07, 6.45) is 8.11. The van der Waals surface area contributed by atoms with Crippen LogP contribution in [0.15, 0.2) is 0 Å². The molecule has 0 aromatic rings. The minimum absolute atomic E-state index is 0.122. The van der Waals surface area contributed by atoms with Gasteiger partial charge in [0.1, 0.15) is 0 Å². The van der Waals surface area contributed by atoms with Crippen LogP contribution in [-0.2, 0) is 4.57 Å². The van der Waals surface area contributed by atoms with Crippen molar-refractivity contribution in [1.29, 1.82) is 0 Å². The molecule has 3 unspecified atom stereocenters. The molecule has 0 aliphatic carbocycles. The Hall–Kier alpha value is -0.210. The first-order valence-corrected chi connectivity index (χ1v) is 6.95. The maximum atomic E-state index is 11.9. The van der Waals surface area contributed by atoms with Crippen LogP contribution in [0, 0.1) is 23.7 Å². The second kappa shape index (κ2) is 2.93. The second-order valence-corrected chi connectivity index (χ2v) is 7.79. The van der Waals surface area contributed by atoms with Crippen molar-refractivity contribution in [3.63, 3.8) is 0 Å². The summed E-state index contributed by atoms with van der Waals surface area (Å²) < 4.78 is 11.9. The van der Waals surface area contributed by atoms with Gasteiger partial charge in [0.2, 0.25) is 0 Å². The van der Waals surface area contributed by atoms with E-state index < -0.39 is 7.14 Å². The van der Waals surface area contributed by atoms with Gasteiger partial charge in [0, 0.05) is 17.7 Å². The van der Waals surface area contributed by atoms with Crippen LogP contribution in [0.3, 0.4) is 0 Å². The summed E-state index contributed by atoms with van der Waals surface area (Å²) in [4.78, 5) is 0. The molecule has 0 saturated carbocycles. The molecule has 0 amide bonds. The number of hydrogen-bond donors (Lipinski definition) is 0. The van der Waals surface area contributed by atoms with E-state index in [4.69, 9.17) is 6.42 Å². The molecule has 1 aliphatic rings. The van der Waals surface area contributed by atoms with E-state index in [0.717, 1.165) is 18.7 Å². The Balaban J connectivity index is 2.88. The predicted molar refractivity (Wildman–Crippen MR) is 54.0 cm³/mol. The van der Waals surface area contributed by atoms with Gasteiger partial charge in [0.25, 0.3) is 0 Å². The summed E-state index contributed by atoms with van der Waals surface area (Å²) in [5.74, 6) is 3.33. The van der Waals surface area contributed by atoms with E-state index in [2.05, 4.69) is 19.8 Å². The van der Waals surface area contributed by atoms with Crippen molar-refractivity contribution in [3.8, 4) is 12.3 Å². The Kier molecular flexibility index (Phi) is 2.41. The minimum atomic E-state index is -1.90. The smallest absolute Gasteiger partial charge is 0.0863 e. The van der Waals surface area contributed by atoms with Gasteiger partial charge in [-0.05, 0) is 25.9 Å². The normalized spacial score (nSPS) is 48.3. The highest BCUT2D eigenvalue weighted by atomic mass is 31.2. The topological polar surface area (TPSA) is 17.1 Å². The van der Waals surface area contributed by atoms with Gasteiger partial charge >= 0.3 is 0 Å². The van der Waals surface area contributed by atoms with Crippen LogP contribution in [0.2, 0.25) is 0 Å². The summed E-state index contributed by atoms with van der Waals surface area (Å²) in [6, 6.07) is 0. The molecule has 0 bridgehead atoms. The van der Waals surface area contributed by atoms with Gasteiger partial charge in [0.05, 0.1) is 7.14 Å². The summed E-state index contributed by atoms with van der Waals surface area (Å²) in [5, 5.41) is 0. The number of terminal acetylenes is 1. The zero-order chi connectivity index (χ0) is 9.41. The lowest BCUT2D eigenvalue weighted by Crippen LogP contribution is -2.33. The van der Waals surface area contributed by atoms with E-state index in [1.54, 1.807) is 0 Å². The van der Waals surface area contributed by atoms with Gasteiger partial charge in [-0.25, -0.2) is 0 Å². The molecule has 0 N–H and O–H groups in total. The van der Waals surface area contributed by atoms with Gasteiger partial charge in [-0.1, -0.05) is 12.8 Å². The Morgan fingerprint density at radius 1 is 1.67 bits per heavy atom. The van der Waals surface area contributed by atoms with Crippen molar-refractivity contribution >= 4 is 7.14 Å². The molecule has 0 spiro atoms. The van der Waals surface area contributed by atoms with Crippen molar-refractivity contribution in [2.75, 3.05) is 19.0 Å². The highest BCUT2D eigenvalue weighted by molar-refractivity contribution is 7.63. The van der Waals surface area contributed by atoms with Crippen LogP contribution in [0.5, 0.6) is 0 Å². The highest BCUT2D eigenvalue weighted by Crippen LogP contribution is 2.54. The molecule has 1 rings (SSSR count). The standard InChI is InChI=1S/C10H17OP/c1-5-10(3)8-12(4,11)7-6-9(10)2/h1,9H,6-8H2,2-4H3. The fraction of sp³-hybridized carbons (Fsp3) is 0.800. The van der Waals surface area contributed by atoms with Gasteiger partial charge in [-0.3, -0.25) is 0 Å². The second-order valence-electron chi connectivity index (χ2n) is 4.43. The van der Waals surface area contributed by atoms with Gasteiger partial charge < -0.3 is 4.57 Å². The van der Waals surface area contributed by atoms with Crippen molar-refractivity contribution in [1.82, 2.24) is 0 Å². The first-order chi connectivity index (χ1) is 5.40. The van der Waals surface area contributed by atoms with Gasteiger partial charge in [0.15, 0.2) is 0 Å². The van der Waals surface area contributed by atoms with E-state index in [1.165, 1.54) is 0 Å². The minimum Gasteiger partial charge on any atom is -0.324 e. The first kappa shape index (κ1) is 9.87. The third-order valence-electron chi connectivity index (χ3n) is 3.12. The van der Waals surface area contributed by atoms with E-state index in [-0.39, 0.29) is 5.41 Å². The molecule has 1 fully saturated rings. The molecule has 0 radical (unpaired) electrons.